The summed E-state index contributed by atoms with van der Waals surface area (Å²) in [6, 6.07) is 6.76. The van der Waals surface area contributed by atoms with Crippen LogP contribution in [-0.2, 0) is 11.2 Å². The fraction of sp³-hybridized carbons (Fsp3) is 0.667. The minimum atomic E-state index is 0.360. The Bertz CT molecular complexity index is 569. The minimum absolute atomic E-state index is 0.360. The highest BCUT2D eigenvalue weighted by molar-refractivity contribution is 5.76. The summed E-state index contributed by atoms with van der Waals surface area (Å²) < 4.78 is 5.63. The maximum absolute atomic E-state index is 11.9. The molecule has 3 nitrogen and oxygen atoms in total. The van der Waals surface area contributed by atoms with E-state index >= 15 is 0 Å². The lowest BCUT2D eigenvalue weighted by Crippen LogP contribution is -2.36. The predicted molar refractivity (Wildman–Crippen MR) is 97.5 cm³/mol. The summed E-state index contributed by atoms with van der Waals surface area (Å²) >= 11 is 0. The maximum Gasteiger partial charge on any atom is 0.222 e. The number of piperidine rings is 1. The van der Waals surface area contributed by atoms with Gasteiger partial charge in [0.2, 0.25) is 5.91 Å². The number of hydrogen-bond acceptors (Lipinski definition) is 2. The lowest BCUT2D eigenvalue weighted by atomic mass is 9.85. The second-order valence-electron chi connectivity index (χ2n) is 7.54. The van der Waals surface area contributed by atoms with Crippen LogP contribution in [0.15, 0.2) is 18.2 Å². The monoisotopic (exact) mass is 329 g/mol. The van der Waals surface area contributed by atoms with E-state index in [1.807, 2.05) is 0 Å². The molecule has 1 fully saturated rings. The van der Waals surface area contributed by atoms with E-state index in [9.17, 15) is 4.79 Å². The molecule has 132 valence electrons. The van der Waals surface area contributed by atoms with Gasteiger partial charge in [0.25, 0.3) is 0 Å². The molecule has 24 heavy (non-hydrogen) atoms. The summed E-state index contributed by atoms with van der Waals surface area (Å²) in [5.74, 6) is 2.70. The topological polar surface area (TPSA) is 29.5 Å². The molecule has 0 bridgehead atoms. The van der Waals surface area contributed by atoms with Gasteiger partial charge in [-0.05, 0) is 61.1 Å². The maximum atomic E-state index is 11.9. The second kappa shape index (κ2) is 8.04. The van der Waals surface area contributed by atoms with Crippen molar-refractivity contribution in [3.05, 3.63) is 29.3 Å². The minimum Gasteiger partial charge on any atom is -0.493 e. The molecule has 0 aromatic heterocycles. The van der Waals surface area contributed by atoms with E-state index in [0.717, 1.165) is 51.1 Å². The van der Waals surface area contributed by atoms with Crippen LogP contribution in [0.1, 0.15) is 69.4 Å². The molecule has 0 N–H and O–H groups in total. The number of hydrogen-bond donors (Lipinski definition) is 0. The first kappa shape index (κ1) is 17.3. The molecule has 3 rings (SSSR count). The van der Waals surface area contributed by atoms with Crippen molar-refractivity contribution in [2.24, 2.45) is 5.92 Å². The zero-order valence-corrected chi connectivity index (χ0v) is 15.2. The highest BCUT2D eigenvalue weighted by Gasteiger charge is 2.21. The number of carbonyl (C=O) groups is 1. The third kappa shape index (κ3) is 4.12. The van der Waals surface area contributed by atoms with Gasteiger partial charge in [0.1, 0.15) is 5.75 Å². The summed E-state index contributed by atoms with van der Waals surface area (Å²) in [4.78, 5) is 14.0. The molecular weight excluding hydrogens is 298 g/mol. The molecule has 1 aromatic carbocycles. The van der Waals surface area contributed by atoms with E-state index in [4.69, 9.17) is 4.74 Å². The van der Waals surface area contributed by atoms with Crippen LogP contribution in [0, 0.1) is 5.92 Å². The molecule has 3 heteroatoms. The molecule has 2 aliphatic rings. The van der Waals surface area contributed by atoms with Gasteiger partial charge in [0, 0.05) is 25.9 Å². The fourth-order valence-electron chi connectivity index (χ4n) is 4.08. The fourth-order valence-corrected chi connectivity index (χ4v) is 4.08. The number of likely N-dealkylation sites (tertiary alicyclic amines) is 1. The van der Waals surface area contributed by atoms with E-state index in [1.54, 1.807) is 0 Å². The van der Waals surface area contributed by atoms with Crippen LogP contribution in [0.2, 0.25) is 0 Å². The number of ether oxygens (including phenoxy) is 1. The number of nitrogens with zero attached hydrogens (tertiary/aromatic N) is 1. The Hall–Kier alpha value is -1.51. The van der Waals surface area contributed by atoms with Gasteiger partial charge in [-0.3, -0.25) is 4.79 Å². The molecule has 0 aliphatic carbocycles. The van der Waals surface area contributed by atoms with Crippen LogP contribution in [0.3, 0.4) is 0 Å². The van der Waals surface area contributed by atoms with Crippen molar-refractivity contribution in [1.82, 2.24) is 4.90 Å². The van der Waals surface area contributed by atoms with E-state index in [0.29, 0.717) is 17.7 Å². The van der Waals surface area contributed by atoms with Gasteiger partial charge in [0.15, 0.2) is 0 Å². The van der Waals surface area contributed by atoms with Crippen LogP contribution in [0.4, 0.5) is 0 Å². The number of amides is 1. The summed E-state index contributed by atoms with van der Waals surface area (Å²) in [6.45, 7) is 7.36. The van der Waals surface area contributed by atoms with E-state index in [2.05, 4.69) is 36.9 Å². The molecule has 1 aromatic rings. The Morgan fingerprint density at radius 2 is 2.12 bits per heavy atom. The lowest BCUT2D eigenvalue weighted by Gasteiger charge is -2.28. The van der Waals surface area contributed by atoms with Crippen molar-refractivity contribution in [3.8, 4) is 5.75 Å². The standard InChI is InChI=1S/C21H31NO2/c1-3-17(18-7-8-20-19(15-18)10-13-24-20)14-16(2)9-12-22-11-5-4-6-21(22)23/h7-8,15-17H,3-6,9-14H2,1-2H3. The van der Waals surface area contributed by atoms with Crippen LogP contribution in [-0.4, -0.2) is 30.5 Å². The molecule has 1 saturated heterocycles. The van der Waals surface area contributed by atoms with Crippen molar-refractivity contribution in [3.63, 3.8) is 0 Å². The Kier molecular flexibility index (Phi) is 5.80. The molecule has 0 radical (unpaired) electrons. The van der Waals surface area contributed by atoms with Gasteiger partial charge in [-0.25, -0.2) is 0 Å². The summed E-state index contributed by atoms with van der Waals surface area (Å²) in [7, 11) is 0. The number of fused-ring (bicyclic) bond motifs is 1. The molecule has 2 unspecified atom stereocenters. The van der Waals surface area contributed by atoms with E-state index in [-0.39, 0.29) is 0 Å². The molecule has 2 heterocycles. The predicted octanol–water partition coefficient (Wildman–Crippen LogP) is 4.54. The average molecular weight is 329 g/mol. The third-order valence-electron chi connectivity index (χ3n) is 5.68. The van der Waals surface area contributed by atoms with Crippen LogP contribution in [0.5, 0.6) is 5.75 Å². The SMILES string of the molecule is CCC(CC(C)CCN1CCCCC1=O)c1ccc2c(c1)CCO2. The van der Waals surface area contributed by atoms with Crippen molar-refractivity contribution in [2.75, 3.05) is 19.7 Å². The van der Waals surface area contributed by atoms with E-state index in [1.165, 1.54) is 30.4 Å². The second-order valence-corrected chi connectivity index (χ2v) is 7.54. The van der Waals surface area contributed by atoms with Crippen LogP contribution in [0.25, 0.3) is 0 Å². The van der Waals surface area contributed by atoms with Crippen LogP contribution >= 0.6 is 0 Å². The summed E-state index contributed by atoms with van der Waals surface area (Å²) in [5.41, 5.74) is 2.83. The Morgan fingerprint density at radius 3 is 2.92 bits per heavy atom. The van der Waals surface area contributed by atoms with E-state index < -0.39 is 0 Å². The zero-order chi connectivity index (χ0) is 16.9. The molecule has 0 saturated carbocycles. The van der Waals surface area contributed by atoms with Crippen LogP contribution < -0.4 is 4.74 Å². The Labute approximate surface area is 146 Å². The summed E-state index contributed by atoms with van der Waals surface area (Å²) in [5, 5.41) is 0. The summed E-state index contributed by atoms with van der Waals surface area (Å²) in [6.07, 6.45) is 7.55. The van der Waals surface area contributed by atoms with Crippen molar-refractivity contribution in [1.29, 1.82) is 0 Å². The third-order valence-corrected chi connectivity index (χ3v) is 5.68. The molecule has 2 atom stereocenters. The smallest absolute Gasteiger partial charge is 0.222 e. The number of rotatable bonds is 7. The van der Waals surface area contributed by atoms with Crippen molar-refractivity contribution in [2.45, 2.75) is 64.7 Å². The number of carbonyl (C=O) groups excluding carboxylic acids is 1. The zero-order valence-electron chi connectivity index (χ0n) is 15.2. The first-order valence-corrected chi connectivity index (χ1v) is 9.70. The van der Waals surface area contributed by atoms with Gasteiger partial charge < -0.3 is 9.64 Å². The highest BCUT2D eigenvalue weighted by atomic mass is 16.5. The number of benzene rings is 1. The molecular formula is C21H31NO2. The lowest BCUT2D eigenvalue weighted by molar-refractivity contribution is -0.133. The van der Waals surface area contributed by atoms with Crippen molar-refractivity contribution < 1.29 is 9.53 Å². The van der Waals surface area contributed by atoms with Gasteiger partial charge in [-0.2, -0.15) is 0 Å². The van der Waals surface area contributed by atoms with Gasteiger partial charge in [-0.15, -0.1) is 0 Å². The van der Waals surface area contributed by atoms with Gasteiger partial charge >= 0.3 is 0 Å². The average Bonchev–Trinajstić information content (AvgIpc) is 3.06. The first-order valence-electron chi connectivity index (χ1n) is 9.70. The first-order chi connectivity index (χ1) is 11.7. The quantitative estimate of drug-likeness (QED) is 0.735. The normalized spacial score (nSPS) is 19.8. The van der Waals surface area contributed by atoms with Gasteiger partial charge in [0.05, 0.1) is 6.61 Å². The van der Waals surface area contributed by atoms with Gasteiger partial charge in [-0.1, -0.05) is 26.0 Å². The largest absolute Gasteiger partial charge is 0.493 e. The molecule has 0 spiro atoms. The Morgan fingerprint density at radius 1 is 1.25 bits per heavy atom. The molecule has 1 amide bonds. The van der Waals surface area contributed by atoms with Crippen molar-refractivity contribution >= 4 is 5.91 Å². The molecule has 2 aliphatic heterocycles. The highest BCUT2D eigenvalue weighted by Crippen LogP contribution is 2.33. The Balaban J connectivity index is 1.53.